The molecule has 2 rings (SSSR count). The third-order valence-electron chi connectivity index (χ3n) is 2.99. The number of nitrogens with one attached hydrogen (secondary N) is 1. The summed E-state index contributed by atoms with van der Waals surface area (Å²) in [7, 11) is 0. The van der Waals surface area contributed by atoms with Crippen LogP contribution in [-0.4, -0.2) is 12.6 Å². The lowest BCUT2D eigenvalue weighted by molar-refractivity contribution is 0.375. The predicted octanol–water partition coefficient (Wildman–Crippen LogP) is 2.57. The first-order valence-corrected chi connectivity index (χ1v) is 6.29. The smallest absolute Gasteiger partial charge is 0.136 e. The van der Waals surface area contributed by atoms with Crippen molar-refractivity contribution in [3.8, 4) is 0 Å². The zero-order valence-electron chi connectivity index (χ0n) is 8.71. The van der Waals surface area contributed by atoms with E-state index in [4.69, 9.17) is 10.2 Å². The Morgan fingerprint density at radius 3 is 2.80 bits per heavy atom. The maximum atomic E-state index is 5.77. The van der Waals surface area contributed by atoms with Crippen LogP contribution in [0.2, 0.25) is 0 Å². The van der Waals surface area contributed by atoms with Crippen LogP contribution in [0.25, 0.3) is 0 Å². The monoisotopic (exact) mass is 272 g/mol. The molecule has 3 nitrogen and oxygen atoms in total. The number of rotatable bonds is 4. The second-order valence-corrected chi connectivity index (χ2v) is 4.92. The van der Waals surface area contributed by atoms with Crippen LogP contribution >= 0.6 is 15.9 Å². The van der Waals surface area contributed by atoms with Crippen molar-refractivity contribution in [2.45, 2.75) is 37.8 Å². The Balaban J connectivity index is 2.00. The Labute approximate surface area is 98.5 Å². The quantitative estimate of drug-likeness (QED) is 0.886. The highest BCUT2D eigenvalue weighted by Crippen LogP contribution is 2.26. The van der Waals surface area contributed by atoms with Gasteiger partial charge in [0.25, 0.3) is 0 Å². The Kier molecular flexibility index (Phi) is 3.83. The van der Waals surface area contributed by atoms with Crippen molar-refractivity contribution in [2.75, 3.05) is 6.54 Å². The maximum absolute atomic E-state index is 5.77. The lowest BCUT2D eigenvalue weighted by atomic mass is 10.1. The van der Waals surface area contributed by atoms with E-state index in [-0.39, 0.29) is 6.04 Å². The Morgan fingerprint density at radius 1 is 1.53 bits per heavy atom. The van der Waals surface area contributed by atoms with Gasteiger partial charge in [-0.15, -0.1) is 0 Å². The molecule has 3 N–H and O–H groups in total. The van der Waals surface area contributed by atoms with Crippen LogP contribution in [0.3, 0.4) is 0 Å². The fourth-order valence-corrected chi connectivity index (χ4v) is 2.66. The SMILES string of the molecule is NCC(NC1CCCC1)c1occc1Br. The summed E-state index contributed by atoms with van der Waals surface area (Å²) in [4.78, 5) is 0. The summed E-state index contributed by atoms with van der Waals surface area (Å²) in [5, 5.41) is 3.56. The molecular weight excluding hydrogens is 256 g/mol. The van der Waals surface area contributed by atoms with Crippen LogP contribution in [0.1, 0.15) is 37.5 Å². The van der Waals surface area contributed by atoms with E-state index >= 15 is 0 Å². The third-order valence-corrected chi connectivity index (χ3v) is 3.64. The van der Waals surface area contributed by atoms with Gasteiger partial charge in [0, 0.05) is 12.6 Å². The van der Waals surface area contributed by atoms with E-state index in [1.54, 1.807) is 6.26 Å². The minimum Gasteiger partial charge on any atom is -0.466 e. The summed E-state index contributed by atoms with van der Waals surface area (Å²) in [5.41, 5.74) is 5.77. The maximum Gasteiger partial charge on any atom is 0.136 e. The highest BCUT2D eigenvalue weighted by Gasteiger charge is 2.22. The van der Waals surface area contributed by atoms with Gasteiger partial charge in [-0.3, -0.25) is 0 Å². The lowest BCUT2D eigenvalue weighted by Gasteiger charge is -2.20. The molecule has 1 fully saturated rings. The van der Waals surface area contributed by atoms with E-state index in [2.05, 4.69) is 21.2 Å². The van der Waals surface area contributed by atoms with Crippen LogP contribution in [0.5, 0.6) is 0 Å². The van der Waals surface area contributed by atoms with E-state index in [0.29, 0.717) is 12.6 Å². The molecule has 15 heavy (non-hydrogen) atoms. The number of furan rings is 1. The molecule has 4 heteroatoms. The van der Waals surface area contributed by atoms with Crippen molar-refractivity contribution in [3.05, 3.63) is 22.6 Å². The van der Waals surface area contributed by atoms with Gasteiger partial charge in [-0.1, -0.05) is 12.8 Å². The molecule has 0 aliphatic heterocycles. The number of nitrogens with two attached hydrogens (primary N) is 1. The van der Waals surface area contributed by atoms with Gasteiger partial charge >= 0.3 is 0 Å². The molecule has 1 unspecified atom stereocenters. The van der Waals surface area contributed by atoms with Gasteiger partial charge in [0.1, 0.15) is 5.76 Å². The van der Waals surface area contributed by atoms with Gasteiger partial charge in [-0.25, -0.2) is 0 Å². The molecule has 1 aromatic rings. The molecular formula is C11H17BrN2O. The first kappa shape index (κ1) is 11.2. The zero-order valence-corrected chi connectivity index (χ0v) is 10.3. The number of hydrogen-bond acceptors (Lipinski definition) is 3. The van der Waals surface area contributed by atoms with E-state index < -0.39 is 0 Å². The third kappa shape index (κ3) is 2.62. The summed E-state index contributed by atoms with van der Waals surface area (Å²) in [6.07, 6.45) is 6.87. The highest BCUT2D eigenvalue weighted by atomic mass is 79.9. The lowest BCUT2D eigenvalue weighted by Crippen LogP contribution is -2.35. The van der Waals surface area contributed by atoms with Crippen molar-refractivity contribution >= 4 is 15.9 Å². The van der Waals surface area contributed by atoms with Gasteiger partial charge in [0.2, 0.25) is 0 Å². The van der Waals surface area contributed by atoms with E-state index in [1.165, 1.54) is 25.7 Å². The molecule has 0 spiro atoms. The molecule has 1 saturated carbocycles. The second-order valence-electron chi connectivity index (χ2n) is 4.07. The Morgan fingerprint density at radius 2 is 2.27 bits per heavy atom. The molecule has 1 atom stereocenters. The molecule has 84 valence electrons. The van der Waals surface area contributed by atoms with Gasteiger partial charge in [0.15, 0.2) is 0 Å². The normalized spacial score (nSPS) is 19.6. The standard InChI is InChI=1S/C11H17BrN2O/c12-9-5-6-15-11(9)10(7-13)14-8-3-1-2-4-8/h5-6,8,10,14H,1-4,7,13H2. The fourth-order valence-electron chi connectivity index (χ4n) is 2.18. The molecule has 0 saturated heterocycles. The molecule has 0 bridgehead atoms. The van der Waals surface area contributed by atoms with Crippen molar-refractivity contribution in [1.29, 1.82) is 0 Å². The van der Waals surface area contributed by atoms with Gasteiger partial charge in [0.05, 0.1) is 16.8 Å². The summed E-state index contributed by atoms with van der Waals surface area (Å²) in [5.74, 6) is 0.921. The molecule has 0 aromatic carbocycles. The topological polar surface area (TPSA) is 51.2 Å². The van der Waals surface area contributed by atoms with Crippen LogP contribution in [0.4, 0.5) is 0 Å². The van der Waals surface area contributed by atoms with Crippen molar-refractivity contribution in [1.82, 2.24) is 5.32 Å². The van der Waals surface area contributed by atoms with Gasteiger partial charge in [-0.05, 0) is 34.8 Å². The zero-order chi connectivity index (χ0) is 10.7. The highest BCUT2D eigenvalue weighted by molar-refractivity contribution is 9.10. The summed E-state index contributed by atoms with van der Waals surface area (Å²) in [6.45, 7) is 0.572. The molecule has 1 aliphatic carbocycles. The van der Waals surface area contributed by atoms with Crippen LogP contribution < -0.4 is 11.1 Å². The minimum absolute atomic E-state index is 0.137. The Hall–Kier alpha value is -0.320. The van der Waals surface area contributed by atoms with Crippen molar-refractivity contribution in [3.63, 3.8) is 0 Å². The number of hydrogen-bond donors (Lipinski definition) is 2. The van der Waals surface area contributed by atoms with Crippen molar-refractivity contribution < 1.29 is 4.42 Å². The summed E-state index contributed by atoms with van der Waals surface area (Å²) < 4.78 is 6.44. The summed E-state index contributed by atoms with van der Waals surface area (Å²) >= 11 is 3.47. The first-order valence-electron chi connectivity index (χ1n) is 5.50. The molecule has 1 aromatic heterocycles. The van der Waals surface area contributed by atoms with E-state index in [9.17, 15) is 0 Å². The van der Waals surface area contributed by atoms with Gasteiger partial charge < -0.3 is 15.5 Å². The van der Waals surface area contributed by atoms with Crippen LogP contribution in [0.15, 0.2) is 21.2 Å². The van der Waals surface area contributed by atoms with Gasteiger partial charge in [-0.2, -0.15) is 0 Å². The molecule has 1 heterocycles. The van der Waals surface area contributed by atoms with Crippen LogP contribution in [0, 0.1) is 0 Å². The molecule has 0 radical (unpaired) electrons. The van der Waals surface area contributed by atoms with Crippen molar-refractivity contribution in [2.24, 2.45) is 5.73 Å². The molecule has 0 amide bonds. The minimum atomic E-state index is 0.137. The second kappa shape index (κ2) is 5.14. The molecule has 1 aliphatic rings. The predicted molar refractivity (Wildman–Crippen MR) is 63.6 cm³/mol. The number of halogens is 1. The van der Waals surface area contributed by atoms with E-state index in [1.807, 2.05) is 6.07 Å². The first-order chi connectivity index (χ1) is 7.31. The average molecular weight is 273 g/mol. The summed E-state index contributed by atoms with van der Waals surface area (Å²) in [6, 6.07) is 2.65. The van der Waals surface area contributed by atoms with Crippen LogP contribution in [-0.2, 0) is 0 Å². The largest absolute Gasteiger partial charge is 0.466 e. The fraction of sp³-hybridized carbons (Fsp3) is 0.636. The van der Waals surface area contributed by atoms with E-state index in [0.717, 1.165) is 10.2 Å². The average Bonchev–Trinajstić information content (AvgIpc) is 2.85. The Bertz CT molecular complexity index is 307.